The highest BCUT2D eigenvalue weighted by Crippen LogP contribution is 2.10. The Morgan fingerprint density at radius 2 is 1.88 bits per heavy atom. The highest BCUT2D eigenvalue weighted by molar-refractivity contribution is 5.92. The molecule has 0 spiro atoms. The third kappa shape index (κ3) is 4.43. The van der Waals surface area contributed by atoms with Crippen molar-refractivity contribution < 1.29 is 14.3 Å². The number of benzene rings is 1. The lowest BCUT2D eigenvalue weighted by Crippen LogP contribution is -2.49. The fourth-order valence-electron chi connectivity index (χ4n) is 2.90. The van der Waals surface area contributed by atoms with Crippen molar-refractivity contribution >= 4 is 5.91 Å². The zero-order valence-electron chi connectivity index (χ0n) is 14.8. The molecule has 0 aliphatic carbocycles. The second-order valence-electron chi connectivity index (χ2n) is 6.07. The fourth-order valence-corrected chi connectivity index (χ4v) is 2.90. The molecule has 0 atom stereocenters. The van der Waals surface area contributed by atoms with Crippen LogP contribution in [0.25, 0.3) is 0 Å². The lowest BCUT2D eigenvalue weighted by molar-refractivity contribution is 0.0614. The Labute approximate surface area is 152 Å². The van der Waals surface area contributed by atoms with Crippen molar-refractivity contribution in [1.29, 1.82) is 0 Å². The molecule has 0 unspecified atom stereocenters. The van der Waals surface area contributed by atoms with Crippen molar-refractivity contribution in [3.05, 3.63) is 58.5 Å². The Bertz CT molecular complexity index is 783. The smallest absolute Gasteiger partial charge is 0.270 e. The number of ether oxygens (including phenoxy) is 2. The summed E-state index contributed by atoms with van der Waals surface area (Å²) in [6.45, 7) is 4.24. The molecule has 138 valence electrons. The molecule has 1 aliphatic heterocycles. The van der Waals surface area contributed by atoms with Gasteiger partial charge in [0.05, 0.1) is 7.11 Å². The Kier molecular flexibility index (Phi) is 5.91. The number of nitrogens with one attached hydrogen (secondary N) is 1. The van der Waals surface area contributed by atoms with Crippen molar-refractivity contribution in [2.45, 2.75) is 0 Å². The van der Waals surface area contributed by atoms with Crippen LogP contribution >= 0.6 is 0 Å². The standard InChI is InChI=1S/C19H23N3O4/c1-25-18-14-20-16(13-17(18)23)19(24)22-9-7-21(8-10-22)11-12-26-15-5-3-2-4-6-15/h2-6,13-14H,7-12H2,1H3,(H,20,23). The number of aromatic amines is 1. The number of hydrogen-bond acceptors (Lipinski definition) is 5. The van der Waals surface area contributed by atoms with Crippen LogP contribution in [0.4, 0.5) is 0 Å². The minimum Gasteiger partial charge on any atom is -0.492 e. The van der Waals surface area contributed by atoms with Crippen LogP contribution in [0, 0.1) is 0 Å². The molecule has 1 fully saturated rings. The molecule has 1 aliphatic rings. The summed E-state index contributed by atoms with van der Waals surface area (Å²) >= 11 is 0. The first-order valence-corrected chi connectivity index (χ1v) is 8.63. The van der Waals surface area contributed by atoms with Crippen LogP contribution in [-0.4, -0.2) is 67.1 Å². The molecule has 7 nitrogen and oxygen atoms in total. The minimum absolute atomic E-state index is 0.162. The number of para-hydroxylation sites is 1. The molecule has 3 rings (SSSR count). The fraction of sp³-hybridized carbons (Fsp3) is 0.368. The predicted molar refractivity (Wildman–Crippen MR) is 97.9 cm³/mol. The summed E-state index contributed by atoms with van der Waals surface area (Å²) in [6.07, 6.45) is 1.42. The average molecular weight is 357 g/mol. The van der Waals surface area contributed by atoms with E-state index in [9.17, 15) is 9.59 Å². The van der Waals surface area contributed by atoms with E-state index in [1.807, 2.05) is 30.3 Å². The summed E-state index contributed by atoms with van der Waals surface area (Å²) in [7, 11) is 1.42. The van der Waals surface area contributed by atoms with Gasteiger partial charge in [-0.1, -0.05) is 18.2 Å². The number of nitrogens with zero attached hydrogens (tertiary/aromatic N) is 2. The highest BCUT2D eigenvalue weighted by Gasteiger charge is 2.23. The van der Waals surface area contributed by atoms with Gasteiger partial charge in [-0.3, -0.25) is 14.5 Å². The van der Waals surface area contributed by atoms with E-state index in [2.05, 4.69) is 9.88 Å². The van der Waals surface area contributed by atoms with E-state index in [0.717, 1.165) is 25.4 Å². The molecule has 0 saturated carbocycles. The SMILES string of the molecule is COc1c[nH]c(C(=O)N2CCN(CCOc3ccccc3)CC2)cc1=O. The topological polar surface area (TPSA) is 74.9 Å². The third-order valence-electron chi connectivity index (χ3n) is 4.41. The van der Waals surface area contributed by atoms with Gasteiger partial charge in [0.1, 0.15) is 18.1 Å². The number of piperazine rings is 1. The Hall–Kier alpha value is -2.80. The summed E-state index contributed by atoms with van der Waals surface area (Å²) in [4.78, 5) is 31.2. The predicted octanol–water partition coefficient (Wildman–Crippen LogP) is 1.22. The molecule has 1 N–H and O–H groups in total. The van der Waals surface area contributed by atoms with Crippen LogP contribution in [0.3, 0.4) is 0 Å². The molecule has 26 heavy (non-hydrogen) atoms. The Balaban J connectivity index is 1.46. The number of amides is 1. The second kappa shape index (κ2) is 8.53. The van der Waals surface area contributed by atoms with Gasteiger partial charge in [0.2, 0.25) is 5.43 Å². The molecule has 2 heterocycles. The Morgan fingerprint density at radius 3 is 2.54 bits per heavy atom. The number of carbonyl (C=O) groups is 1. The van der Waals surface area contributed by atoms with Crippen LogP contribution in [-0.2, 0) is 0 Å². The van der Waals surface area contributed by atoms with Gasteiger partial charge in [0, 0.05) is 45.0 Å². The van der Waals surface area contributed by atoms with Crippen molar-refractivity contribution in [3.63, 3.8) is 0 Å². The molecule has 1 aromatic carbocycles. The van der Waals surface area contributed by atoms with E-state index >= 15 is 0 Å². The number of H-pyrrole nitrogens is 1. The van der Waals surface area contributed by atoms with Crippen LogP contribution in [0.1, 0.15) is 10.5 Å². The lowest BCUT2D eigenvalue weighted by Gasteiger charge is -2.34. The molecule has 1 saturated heterocycles. The zero-order valence-corrected chi connectivity index (χ0v) is 14.8. The molecule has 7 heteroatoms. The number of pyridine rings is 1. The van der Waals surface area contributed by atoms with Crippen molar-refractivity contribution in [2.24, 2.45) is 0 Å². The van der Waals surface area contributed by atoms with E-state index in [1.165, 1.54) is 19.4 Å². The van der Waals surface area contributed by atoms with Crippen LogP contribution in [0.2, 0.25) is 0 Å². The minimum atomic E-state index is -0.300. The molecule has 0 bridgehead atoms. The largest absolute Gasteiger partial charge is 0.492 e. The first kappa shape index (κ1) is 18.0. The van der Waals surface area contributed by atoms with Crippen LogP contribution in [0.15, 0.2) is 47.4 Å². The summed E-state index contributed by atoms with van der Waals surface area (Å²) in [6, 6.07) is 11.0. The van der Waals surface area contributed by atoms with Gasteiger partial charge in [-0.15, -0.1) is 0 Å². The maximum absolute atomic E-state index is 12.5. The van der Waals surface area contributed by atoms with Crippen molar-refractivity contribution in [1.82, 2.24) is 14.8 Å². The Morgan fingerprint density at radius 1 is 1.15 bits per heavy atom. The molecule has 1 amide bonds. The van der Waals surface area contributed by atoms with Crippen LogP contribution in [0.5, 0.6) is 11.5 Å². The van der Waals surface area contributed by atoms with Gasteiger partial charge < -0.3 is 19.4 Å². The molecule has 2 aromatic rings. The molecular formula is C19H23N3O4. The maximum Gasteiger partial charge on any atom is 0.270 e. The van der Waals surface area contributed by atoms with Gasteiger partial charge in [-0.2, -0.15) is 0 Å². The number of methoxy groups -OCH3 is 1. The van der Waals surface area contributed by atoms with Crippen molar-refractivity contribution in [2.75, 3.05) is 46.4 Å². The zero-order chi connectivity index (χ0) is 18.4. The van der Waals surface area contributed by atoms with E-state index in [4.69, 9.17) is 9.47 Å². The van der Waals surface area contributed by atoms with E-state index < -0.39 is 0 Å². The molecular weight excluding hydrogens is 334 g/mol. The maximum atomic E-state index is 12.5. The number of carbonyl (C=O) groups excluding carboxylic acids is 1. The number of rotatable bonds is 6. The normalized spacial score (nSPS) is 14.9. The summed E-state index contributed by atoms with van der Waals surface area (Å²) in [5.41, 5.74) is -0.0112. The number of hydrogen-bond donors (Lipinski definition) is 1. The summed E-state index contributed by atoms with van der Waals surface area (Å²) in [5.74, 6) is 0.902. The molecule has 1 aromatic heterocycles. The van der Waals surface area contributed by atoms with Gasteiger partial charge in [-0.25, -0.2) is 0 Å². The third-order valence-corrected chi connectivity index (χ3v) is 4.41. The average Bonchev–Trinajstić information content (AvgIpc) is 2.69. The first-order valence-electron chi connectivity index (χ1n) is 8.63. The lowest BCUT2D eigenvalue weighted by atomic mass is 10.2. The van der Waals surface area contributed by atoms with Crippen molar-refractivity contribution in [3.8, 4) is 11.5 Å². The van der Waals surface area contributed by atoms with Gasteiger partial charge >= 0.3 is 0 Å². The highest BCUT2D eigenvalue weighted by atomic mass is 16.5. The van der Waals surface area contributed by atoms with E-state index in [0.29, 0.717) is 19.7 Å². The van der Waals surface area contributed by atoms with Gasteiger partial charge in [-0.05, 0) is 12.1 Å². The molecule has 0 radical (unpaired) electrons. The van der Waals surface area contributed by atoms with Crippen LogP contribution < -0.4 is 14.9 Å². The quantitative estimate of drug-likeness (QED) is 0.841. The number of aromatic nitrogens is 1. The summed E-state index contributed by atoms with van der Waals surface area (Å²) < 4.78 is 10.6. The summed E-state index contributed by atoms with van der Waals surface area (Å²) in [5, 5.41) is 0. The second-order valence-corrected chi connectivity index (χ2v) is 6.07. The van der Waals surface area contributed by atoms with E-state index in [-0.39, 0.29) is 22.8 Å². The van der Waals surface area contributed by atoms with E-state index in [1.54, 1.807) is 4.90 Å². The monoisotopic (exact) mass is 357 g/mol. The first-order chi connectivity index (χ1) is 12.7. The van der Waals surface area contributed by atoms with Gasteiger partial charge in [0.15, 0.2) is 5.75 Å². The van der Waals surface area contributed by atoms with Gasteiger partial charge in [0.25, 0.3) is 5.91 Å².